The molecule has 0 fully saturated rings. The number of rotatable bonds is 6. The van der Waals surface area contributed by atoms with Crippen LogP contribution in [-0.2, 0) is 4.79 Å². The minimum Gasteiger partial charge on any atom is -0.496 e. The number of hydrogen-bond acceptors (Lipinski definition) is 4. The van der Waals surface area contributed by atoms with E-state index in [9.17, 15) is 9.18 Å². The quantitative estimate of drug-likeness (QED) is 0.528. The van der Waals surface area contributed by atoms with Crippen LogP contribution in [0, 0.1) is 5.82 Å². The van der Waals surface area contributed by atoms with E-state index in [1.54, 1.807) is 30.2 Å². The summed E-state index contributed by atoms with van der Waals surface area (Å²) in [6, 6.07) is 20.6. The van der Waals surface area contributed by atoms with Gasteiger partial charge in [-0.2, -0.15) is 0 Å². The van der Waals surface area contributed by atoms with Gasteiger partial charge < -0.3 is 9.47 Å². The Morgan fingerprint density at radius 2 is 1.71 bits per heavy atom. The highest BCUT2D eigenvalue weighted by Gasteiger charge is 2.33. The number of benzene rings is 3. The van der Waals surface area contributed by atoms with Gasteiger partial charge in [-0.15, -0.1) is 0 Å². The highest BCUT2D eigenvalue weighted by atomic mass is 19.1. The molecule has 4 rings (SSSR count). The summed E-state index contributed by atoms with van der Waals surface area (Å²) < 4.78 is 24.3. The number of anilines is 1. The van der Waals surface area contributed by atoms with Crippen LogP contribution in [-0.4, -0.2) is 25.5 Å². The average molecular weight is 416 g/mol. The maximum atomic E-state index is 13.4. The summed E-state index contributed by atoms with van der Waals surface area (Å²) in [6.45, 7) is 2.47. The molecule has 3 aromatic rings. The lowest BCUT2D eigenvalue weighted by molar-refractivity contribution is -0.113. The maximum Gasteiger partial charge on any atom is 0.282 e. The predicted molar refractivity (Wildman–Crippen MR) is 119 cm³/mol. The molecule has 1 heterocycles. The molecule has 6 heteroatoms. The molecule has 0 saturated heterocycles. The van der Waals surface area contributed by atoms with Crippen LogP contribution in [0.4, 0.5) is 10.1 Å². The van der Waals surface area contributed by atoms with E-state index in [-0.39, 0.29) is 17.4 Å². The number of hydrogen-bond donors (Lipinski definition) is 0. The van der Waals surface area contributed by atoms with E-state index in [1.165, 1.54) is 12.1 Å². The monoisotopic (exact) mass is 416 g/mol. The van der Waals surface area contributed by atoms with Crippen molar-refractivity contribution < 1.29 is 18.7 Å². The van der Waals surface area contributed by atoms with Gasteiger partial charge in [-0.1, -0.05) is 24.3 Å². The fourth-order valence-electron chi connectivity index (χ4n) is 3.34. The summed E-state index contributed by atoms with van der Waals surface area (Å²) in [5.74, 6) is 1.16. The van der Waals surface area contributed by atoms with E-state index in [1.807, 2.05) is 55.5 Å². The minimum atomic E-state index is -0.339. The molecule has 0 saturated carbocycles. The standard InChI is InChI=1S/C25H21FN2O3/c1-3-31-20-14-12-19(13-15-20)28-24(21-6-4-5-7-23(21)30-2)27-22(25(28)29)16-17-8-10-18(26)11-9-17/h4-16H,3H2,1-2H3/b22-16+. The van der Waals surface area contributed by atoms with E-state index in [0.717, 1.165) is 5.75 Å². The number of carbonyl (C=O) groups excluding carboxylic acids is 1. The summed E-state index contributed by atoms with van der Waals surface area (Å²) in [7, 11) is 1.58. The number of amides is 1. The highest BCUT2D eigenvalue weighted by molar-refractivity contribution is 6.33. The van der Waals surface area contributed by atoms with E-state index in [0.29, 0.717) is 35.0 Å². The van der Waals surface area contributed by atoms with Crippen molar-refractivity contribution >= 4 is 23.5 Å². The SMILES string of the molecule is CCOc1ccc(N2C(=O)/C(=C\c3ccc(F)cc3)N=C2c2ccccc2OC)cc1. The molecule has 0 aliphatic carbocycles. The van der Waals surface area contributed by atoms with Gasteiger partial charge >= 0.3 is 0 Å². The van der Waals surface area contributed by atoms with Crippen LogP contribution in [0.3, 0.4) is 0 Å². The number of ether oxygens (including phenoxy) is 2. The first-order valence-corrected chi connectivity index (χ1v) is 9.87. The number of methoxy groups -OCH3 is 1. The Hall–Kier alpha value is -3.93. The van der Waals surface area contributed by atoms with Gasteiger partial charge in [0, 0.05) is 0 Å². The van der Waals surface area contributed by atoms with Crippen LogP contribution in [0.5, 0.6) is 11.5 Å². The first-order chi connectivity index (χ1) is 15.1. The fourth-order valence-corrected chi connectivity index (χ4v) is 3.34. The van der Waals surface area contributed by atoms with E-state index < -0.39 is 0 Å². The Morgan fingerprint density at radius 1 is 1.00 bits per heavy atom. The Bertz CT molecular complexity index is 1150. The van der Waals surface area contributed by atoms with Crippen molar-refractivity contribution in [3.05, 3.63) is 95.4 Å². The topological polar surface area (TPSA) is 51.1 Å². The van der Waals surface area contributed by atoms with Crippen molar-refractivity contribution in [1.29, 1.82) is 0 Å². The third-order valence-electron chi connectivity index (χ3n) is 4.79. The molecule has 0 bridgehead atoms. The van der Waals surface area contributed by atoms with Gasteiger partial charge in [-0.05, 0) is 67.1 Å². The molecule has 0 atom stereocenters. The lowest BCUT2D eigenvalue weighted by Crippen LogP contribution is -2.32. The summed E-state index contributed by atoms with van der Waals surface area (Å²) >= 11 is 0. The Kier molecular flexibility index (Phi) is 5.80. The smallest absolute Gasteiger partial charge is 0.282 e. The van der Waals surface area contributed by atoms with Gasteiger partial charge in [0.15, 0.2) is 5.84 Å². The molecule has 1 aliphatic heterocycles. The fraction of sp³-hybridized carbons (Fsp3) is 0.120. The molecule has 1 aliphatic rings. The number of aliphatic imine (C=N–C) groups is 1. The maximum absolute atomic E-state index is 13.4. The van der Waals surface area contributed by atoms with Crippen LogP contribution >= 0.6 is 0 Å². The van der Waals surface area contributed by atoms with Crippen molar-refractivity contribution in [3.8, 4) is 11.5 Å². The normalized spacial score (nSPS) is 14.7. The summed E-state index contributed by atoms with van der Waals surface area (Å²) in [6.07, 6.45) is 1.64. The second-order valence-electron chi connectivity index (χ2n) is 6.78. The minimum absolute atomic E-state index is 0.251. The number of amidine groups is 1. The van der Waals surface area contributed by atoms with Crippen LogP contribution in [0.2, 0.25) is 0 Å². The average Bonchev–Trinajstić information content (AvgIpc) is 3.12. The first kappa shape index (κ1) is 20.3. The first-order valence-electron chi connectivity index (χ1n) is 9.87. The van der Waals surface area contributed by atoms with Crippen LogP contribution in [0.25, 0.3) is 6.08 Å². The van der Waals surface area contributed by atoms with Crippen molar-refractivity contribution in [3.63, 3.8) is 0 Å². The highest BCUT2D eigenvalue weighted by Crippen LogP contribution is 2.32. The zero-order chi connectivity index (χ0) is 21.8. The van der Waals surface area contributed by atoms with Gasteiger partial charge in [0.2, 0.25) is 0 Å². The molecular weight excluding hydrogens is 395 g/mol. The van der Waals surface area contributed by atoms with Crippen molar-refractivity contribution in [2.75, 3.05) is 18.6 Å². The zero-order valence-electron chi connectivity index (χ0n) is 17.2. The van der Waals surface area contributed by atoms with Gasteiger partial charge in [0.05, 0.1) is 25.0 Å². The molecule has 0 spiro atoms. The Labute approximate surface area is 180 Å². The molecule has 0 aromatic heterocycles. The largest absolute Gasteiger partial charge is 0.496 e. The number of para-hydroxylation sites is 1. The van der Waals surface area contributed by atoms with Gasteiger partial charge in [-0.25, -0.2) is 9.38 Å². The molecular formula is C25H21FN2O3. The molecule has 156 valence electrons. The number of nitrogens with zero attached hydrogens (tertiary/aromatic N) is 2. The summed E-state index contributed by atoms with van der Waals surface area (Å²) in [5, 5.41) is 0. The second-order valence-corrected chi connectivity index (χ2v) is 6.78. The summed E-state index contributed by atoms with van der Waals surface area (Å²) in [4.78, 5) is 19.5. The lowest BCUT2D eigenvalue weighted by Gasteiger charge is -2.20. The Balaban J connectivity index is 1.81. The second kappa shape index (κ2) is 8.83. The molecule has 5 nitrogen and oxygen atoms in total. The van der Waals surface area contributed by atoms with Crippen LogP contribution in [0.15, 0.2) is 83.5 Å². The van der Waals surface area contributed by atoms with Crippen molar-refractivity contribution in [2.45, 2.75) is 6.92 Å². The van der Waals surface area contributed by atoms with Gasteiger partial charge in [0.1, 0.15) is 23.0 Å². The van der Waals surface area contributed by atoms with E-state index >= 15 is 0 Å². The van der Waals surface area contributed by atoms with E-state index in [4.69, 9.17) is 9.47 Å². The molecule has 0 radical (unpaired) electrons. The van der Waals surface area contributed by atoms with Crippen molar-refractivity contribution in [1.82, 2.24) is 0 Å². The van der Waals surface area contributed by atoms with E-state index in [2.05, 4.69) is 4.99 Å². The van der Waals surface area contributed by atoms with Gasteiger partial charge in [-0.3, -0.25) is 9.69 Å². The lowest BCUT2D eigenvalue weighted by atomic mass is 10.1. The molecule has 3 aromatic carbocycles. The number of carbonyl (C=O) groups is 1. The molecule has 31 heavy (non-hydrogen) atoms. The molecule has 0 N–H and O–H groups in total. The summed E-state index contributed by atoms with van der Waals surface area (Å²) in [5.41, 5.74) is 2.28. The Morgan fingerprint density at radius 3 is 2.39 bits per heavy atom. The molecule has 1 amide bonds. The van der Waals surface area contributed by atoms with Crippen molar-refractivity contribution in [2.24, 2.45) is 4.99 Å². The molecule has 0 unspecified atom stereocenters. The van der Waals surface area contributed by atoms with Gasteiger partial charge in [0.25, 0.3) is 5.91 Å². The van der Waals surface area contributed by atoms with Crippen LogP contribution < -0.4 is 14.4 Å². The third-order valence-corrected chi connectivity index (χ3v) is 4.79. The number of halogens is 1. The zero-order valence-corrected chi connectivity index (χ0v) is 17.2. The third kappa shape index (κ3) is 4.19. The predicted octanol–water partition coefficient (Wildman–Crippen LogP) is 5.07. The van der Waals surface area contributed by atoms with Crippen LogP contribution in [0.1, 0.15) is 18.1 Å².